The van der Waals surface area contributed by atoms with Crippen molar-refractivity contribution in [2.24, 2.45) is 0 Å². The zero-order valence-electron chi connectivity index (χ0n) is 11.8. The van der Waals surface area contributed by atoms with Crippen molar-refractivity contribution in [1.29, 1.82) is 0 Å². The Morgan fingerprint density at radius 3 is 2.85 bits per heavy atom. The molecule has 1 fully saturated rings. The predicted octanol–water partition coefficient (Wildman–Crippen LogP) is 3.31. The van der Waals surface area contributed by atoms with Gasteiger partial charge in [-0.1, -0.05) is 6.07 Å². The number of nitro benzene ring substituents is 1. The molecular weight excluding hydrogens is 258 g/mol. The Morgan fingerprint density at radius 2 is 2.20 bits per heavy atom. The molecule has 1 aromatic carbocycles. The molecule has 6 nitrogen and oxygen atoms in total. The van der Waals surface area contributed by atoms with Crippen molar-refractivity contribution >= 4 is 17.4 Å². The summed E-state index contributed by atoms with van der Waals surface area (Å²) in [6.45, 7) is 4.58. The number of piperidine rings is 1. The Hall–Kier alpha value is -2.11. The van der Waals surface area contributed by atoms with Crippen LogP contribution < -0.4 is 5.32 Å². The van der Waals surface area contributed by atoms with E-state index in [0.717, 1.165) is 31.4 Å². The van der Waals surface area contributed by atoms with E-state index in [9.17, 15) is 14.9 Å². The topological polar surface area (TPSA) is 75.5 Å². The molecule has 1 saturated heterocycles. The first-order chi connectivity index (χ1) is 9.49. The van der Waals surface area contributed by atoms with Crippen LogP contribution in [0.4, 0.5) is 16.2 Å². The van der Waals surface area contributed by atoms with E-state index in [-0.39, 0.29) is 17.8 Å². The largest absolute Gasteiger partial charge is 0.322 e. The maximum absolute atomic E-state index is 12.3. The SMILES string of the molecule is Cc1ccc([N+](=O)[O-])cc1NC(=O)N1CCCC[C@@H]1C. The van der Waals surface area contributed by atoms with E-state index in [1.165, 1.54) is 12.1 Å². The second-order valence-corrected chi connectivity index (χ2v) is 5.22. The lowest BCUT2D eigenvalue weighted by Crippen LogP contribution is -2.44. The number of amides is 2. The number of benzene rings is 1. The fraction of sp³-hybridized carbons (Fsp3) is 0.500. The Bertz CT molecular complexity index is 530. The lowest BCUT2D eigenvalue weighted by Gasteiger charge is -2.33. The third-order valence-corrected chi connectivity index (χ3v) is 3.74. The van der Waals surface area contributed by atoms with Gasteiger partial charge in [-0.2, -0.15) is 0 Å². The molecule has 0 saturated carbocycles. The Kier molecular flexibility index (Phi) is 4.22. The Morgan fingerprint density at radius 1 is 1.45 bits per heavy atom. The maximum atomic E-state index is 12.3. The number of urea groups is 1. The summed E-state index contributed by atoms with van der Waals surface area (Å²) in [5, 5.41) is 13.6. The van der Waals surface area contributed by atoms with Crippen LogP contribution in [0.5, 0.6) is 0 Å². The van der Waals surface area contributed by atoms with E-state index < -0.39 is 4.92 Å². The van der Waals surface area contributed by atoms with Gasteiger partial charge < -0.3 is 10.2 Å². The summed E-state index contributed by atoms with van der Waals surface area (Å²) in [5.41, 5.74) is 1.30. The molecule has 0 unspecified atom stereocenters. The van der Waals surface area contributed by atoms with Crippen molar-refractivity contribution in [3.8, 4) is 0 Å². The minimum atomic E-state index is -0.460. The second kappa shape index (κ2) is 5.90. The molecule has 1 atom stereocenters. The highest BCUT2D eigenvalue weighted by Gasteiger charge is 2.23. The van der Waals surface area contributed by atoms with Crippen LogP contribution in [0.3, 0.4) is 0 Å². The molecule has 6 heteroatoms. The van der Waals surface area contributed by atoms with Crippen LogP contribution in [-0.4, -0.2) is 28.4 Å². The lowest BCUT2D eigenvalue weighted by atomic mass is 10.0. The summed E-state index contributed by atoms with van der Waals surface area (Å²) in [5.74, 6) is 0. The van der Waals surface area contributed by atoms with Crippen LogP contribution in [-0.2, 0) is 0 Å². The molecule has 108 valence electrons. The summed E-state index contributed by atoms with van der Waals surface area (Å²) < 4.78 is 0. The van der Waals surface area contributed by atoms with Gasteiger partial charge in [0, 0.05) is 24.7 Å². The highest BCUT2D eigenvalue weighted by molar-refractivity contribution is 5.90. The third kappa shape index (κ3) is 3.07. The summed E-state index contributed by atoms with van der Waals surface area (Å²) in [6.07, 6.45) is 3.15. The number of carbonyl (C=O) groups excluding carboxylic acids is 1. The van der Waals surface area contributed by atoms with E-state index in [4.69, 9.17) is 0 Å². The van der Waals surface area contributed by atoms with E-state index in [2.05, 4.69) is 5.32 Å². The summed E-state index contributed by atoms with van der Waals surface area (Å²) >= 11 is 0. The van der Waals surface area contributed by atoms with E-state index in [1.807, 2.05) is 13.8 Å². The van der Waals surface area contributed by atoms with Crippen LogP contribution in [0.15, 0.2) is 18.2 Å². The lowest BCUT2D eigenvalue weighted by molar-refractivity contribution is -0.384. The standard InChI is InChI=1S/C14H19N3O3/c1-10-6-7-12(17(19)20)9-13(10)15-14(18)16-8-4-3-5-11(16)2/h6-7,9,11H,3-5,8H2,1-2H3,(H,15,18)/t11-/m0/s1. The van der Waals surface area contributed by atoms with Crippen molar-refractivity contribution in [3.63, 3.8) is 0 Å². The molecule has 2 amide bonds. The molecule has 1 aliphatic heterocycles. The molecule has 1 N–H and O–H groups in total. The van der Waals surface area contributed by atoms with Gasteiger partial charge in [0.2, 0.25) is 0 Å². The number of nitrogens with one attached hydrogen (secondary N) is 1. The van der Waals surface area contributed by atoms with Crippen LogP contribution in [0.1, 0.15) is 31.7 Å². The molecule has 0 aromatic heterocycles. The minimum absolute atomic E-state index is 0.0161. The number of nitro groups is 1. The Balaban J connectivity index is 2.14. The number of hydrogen-bond donors (Lipinski definition) is 1. The summed E-state index contributed by atoms with van der Waals surface area (Å²) in [6, 6.07) is 4.52. The molecule has 0 aliphatic carbocycles. The quantitative estimate of drug-likeness (QED) is 0.665. The molecule has 1 heterocycles. The third-order valence-electron chi connectivity index (χ3n) is 3.74. The maximum Gasteiger partial charge on any atom is 0.322 e. The molecular formula is C14H19N3O3. The number of likely N-dealkylation sites (tertiary alicyclic amines) is 1. The number of hydrogen-bond acceptors (Lipinski definition) is 3. The average Bonchev–Trinajstić information content (AvgIpc) is 2.41. The number of non-ortho nitro benzene ring substituents is 1. The van der Waals surface area contributed by atoms with Crippen molar-refractivity contribution in [3.05, 3.63) is 33.9 Å². The molecule has 0 spiro atoms. The number of anilines is 1. The number of aryl methyl sites for hydroxylation is 1. The van der Waals surface area contributed by atoms with Crippen LogP contribution in [0.25, 0.3) is 0 Å². The first kappa shape index (κ1) is 14.3. The molecule has 1 aliphatic rings. The predicted molar refractivity (Wildman–Crippen MR) is 76.9 cm³/mol. The normalized spacial score (nSPS) is 18.7. The molecule has 1 aromatic rings. The number of rotatable bonds is 2. The minimum Gasteiger partial charge on any atom is -0.322 e. The van der Waals surface area contributed by atoms with Crippen molar-refractivity contribution < 1.29 is 9.72 Å². The van der Waals surface area contributed by atoms with Gasteiger partial charge in [-0.3, -0.25) is 10.1 Å². The summed E-state index contributed by atoms with van der Waals surface area (Å²) in [7, 11) is 0. The van der Waals surface area contributed by atoms with Crippen molar-refractivity contribution in [2.75, 3.05) is 11.9 Å². The van der Waals surface area contributed by atoms with Crippen LogP contribution >= 0.6 is 0 Å². The zero-order valence-corrected chi connectivity index (χ0v) is 11.8. The molecule has 2 rings (SSSR count). The monoisotopic (exact) mass is 277 g/mol. The smallest absolute Gasteiger partial charge is 0.322 e. The van der Waals surface area contributed by atoms with Gasteiger partial charge in [0.25, 0.3) is 5.69 Å². The van der Waals surface area contributed by atoms with Gasteiger partial charge in [0.05, 0.1) is 10.6 Å². The van der Waals surface area contributed by atoms with Gasteiger partial charge in [0.15, 0.2) is 0 Å². The zero-order chi connectivity index (χ0) is 14.7. The number of nitrogens with zero attached hydrogens (tertiary/aromatic N) is 2. The second-order valence-electron chi connectivity index (χ2n) is 5.22. The van der Waals surface area contributed by atoms with E-state index in [0.29, 0.717) is 5.69 Å². The van der Waals surface area contributed by atoms with Crippen LogP contribution in [0.2, 0.25) is 0 Å². The summed E-state index contributed by atoms with van der Waals surface area (Å²) in [4.78, 5) is 24.4. The highest BCUT2D eigenvalue weighted by Crippen LogP contribution is 2.23. The van der Waals surface area contributed by atoms with E-state index >= 15 is 0 Å². The molecule has 20 heavy (non-hydrogen) atoms. The van der Waals surface area contributed by atoms with Gasteiger partial charge in [-0.05, 0) is 38.7 Å². The first-order valence-electron chi connectivity index (χ1n) is 6.81. The number of carbonyl (C=O) groups is 1. The van der Waals surface area contributed by atoms with Crippen molar-refractivity contribution in [1.82, 2.24) is 4.90 Å². The Labute approximate surface area is 117 Å². The van der Waals surface area contributed by atoms with Gasteiger partial charge in [0.1, 0.15) is 0 Å². The molecule has 0 radical (unpaired) electrons. The fourth-order valence-electron chi connectivity index (χ4n) is 2.45. The molecule has 0 bridgehead atoms. The van der Waals surface area contributed by atoms with Gasteiger partial charge in [-0.25, -0.2) is 4.79 Å². The fourth-order valence-corrected chi connectivity index (χ4v) is 2.45. The van der Waals surface area contributed by atoms with Gasteiger partial charge in [-0.15, -0.1) is 0 Å². The van der Waals surface area contributed by atoms with Crippen LogP contribution in [0, 0.1) is 17.0 Å². The van der Waals surface area contributed by atoms with Crippen molar-refractivity contribution in [2.45, 2.75) is 39.2 Å². The van der Waals surface area contributed by atoms with E-state index in [1.54, 1.807) is 11.0 Å². The van der Waals surface area contributed by atoms with Gasteiger partial charge >= 0.3 is 6.03 Å². The first-order valence-corrected chi connectivity index (χ1v) is 6.81. The highest BCUT2D eigenvalue weighted by atomic mass is 16.6. The average molecular weight is 277 g/mol.